The molecule has 2 aromatic carbocycles. The third-order valence-corrected chi connectivity index (χ3v) is 8.04. The van der Waals surface area contributed by atoms with Crippen molar-refractivity contribution in [1.29, 1.82) is 0 Å². The van der Waals surface area contributed by atoms with Gasteiger partial charge in [-0.05, 0) is 26.0 Å². The minimum absolute atomic E-state index is 0.00486. The van der Waals surface area contributed by atoms with Crippen LogP contribution in [0.3, 0.4) is 0 Å². The van der Waals surface area contributed by atoms with Gasteiger partial charge in [0.25, 0.3) is 0 Å². The van der Waals surface area contributed by atoms with E-state index < -0.39 is 34.1 Å². The molecule has 0 aliphatic carbocycles. The van der Waals surface area contributed by atoms with Gasteiger partial charge in [0.1, 0.15) is 0 Å². The lowest BCUT2D eigenvalue weighted by Gasteiger charge is -2.40. The van der Waals surface area contributed by atoms with E-state index >= 15 is 0 Å². The average Bonchev–Trinajstić information content (AvgIpc) is 3.00. The molecule has 27 heavy (non-hydrogen) atoms. The van der Waals surface area contributed by atoms with Gasteiger partial charge in [-0.1, -0.05) is 36.4 Å². The molecule has 2 atom stereocenters. The van der Waals surface area contributed by atoms with Crippen molar-refractivity contribution in [2.75, 3.05) is 0 Å². The molecule has 1 spiro atoms. The Morgan fingerprint density at radius 2 is 1.00 bits per heavy atom. The molecule has 4 rings (SSSR count). The molecule has 9 heteroatoms. The minimum atomic E-state index is -4.84. The molecule has 0 saturated heterocycles. The molecule has 146 valence electrons. The van der Waals surface area contributed by atoms with Crippen LogP contribution in [0.5, 0.6) is 0 Å². The van der Waals surface area contributed by atoms with Crippen molar-refractivity contribution in [2.24, 2.45) is 0 Å². The van der Waals surface area contributed by atoms with E-state index in [0.717, 1.165) is 13.8 Å². The molecule has 0 saturated carbocycles. The molecular formula is C18H14F6O2S. The van der Waals surface area contributed by atoms with Gasteiger partial charge in [-0.25, -0.2) is 0 Å². The van der Waals surface area contributed by atoms with Crippen molar-refractivity contribution in [3.05, 3.63) is 59.7 Å². The predicted molar refractivity (Wildman–Crippen MR) is 86.0 cm³/mol. The van der Waals surface area contributed by atoms with E-state index in [9.17, 15) is 26.3 Å². The fourth-order valence-electron chi connectivity index (χ4n) is 3.46. The number of halogens is 6. The summed E-state index contributed by atoms with van der Waals surface area (Å²) >= 11 is 0. The van der Waals surface area contributed by atoms with Crippen molar-refractivity contribution in [3.63, 3.8) is 0 Å². The first-order valence-corrected chi connectivity index (χ1v) is 9.42. The van der Waals surface area contributed by atoms with Crippen LogP contribution in [0.25, 0.3) is 0 Å². The van der Waals surface area contributed by atoms with Gasteiger partial charge in [0.05, 0.1) is 9.79 Å². The Kier molecular flexibility index (Phi) is 3.60. The number of hydrogen-bond acceptors (Lipinski definition) is 2. The molecule has 0 bridgehead atoms. The Hall–Kier alpha value is -1.71. The summed E-state index contributed by atoms with van der Waals surface area (Å²) in [6, 6.07) is 10.9. The molecule has 2 heterocycles. The van der Waals surface area contributed by atoms with E-state index in [1.165, 1.54) is 48.5 Å². The van der Waals surface area contributed by atoms with Gasteiger partial charge >= 0.3 is 12.4 Å². The maximum absolute atomic E-state index is 13.9. The lowest BCUT2D eigenvalue weighted by Crippen LogP contribution is -2.40. The van der Waals surface area contributed by atoms with Gasteiger partial charge < -0.3 is 0 Å². The normalized spacial score (nSPS) is 35.0. The van der Waals surface area contributed by atoms with Crippen LogP contribution in [-0.4, -0.2) is 12.4 Å². The van der Waals surface area contributed by atoms with Gasteiger partial charge in [-0.2, -0.15) is 26.3 Å². The largest absolute Gasteiger partial charge is 0.423 e. The van der Waals surface area contributed by atoms with Crippen molar-refractivity contribution in [1.82, 2.24) is 0 Å². The quantitative estimate of drug-likeness (QED) is 0.473. The Labute approximate surface area is 152 Å². The lowest BCUT2D eigenvalue weighted by atomic mass is 9.95. The SMILES string of the molecule is CC1(C(F)(F)F)OS2(OC(C)(C(F)(F)F)c3ccccc32)c2ccccc21. The van der Waals surface area contributed by atoms with Crippen LogP contribution in [-0.2, 0) is 19.6 Å². The standard InChI is InChI=1S/C18H14F6O2S/c1-15(17(19,20)21)11-7-3-5-9-13(11)27(25-15)14-10-6-4-8-12(14)16(2,26-27)18(22,23)24/h3-10H,1-2H3. The summed E-state index contributed by atoms with van der Waals surface area (Å²) in [6.45, 7) is 1.64. The molecule has 2 aliphatic heterocycles. The summed E-state index contributed by atoms with van der Waals surface area (Å²) in [5.41, 5.74) is -6.01. The molecule has 0 fully saturated rings. The number of benzene rings is 2. The van der Waals surface area contributed by atoms with Crippen LogP contribution >= 0.6 is 10.6 Å². The predicted octanol–water partition coefficient (Wildman–Crippen LogP) is 6.35. The highest BCUT2D eigenvalue weighted by Crippen LogP contribution is 2.81. The van der Waals surface area contributed by atoms with Gasteiger partial charge in [0.2, 0.25) is 11.2 Å². The summed E-state index contributed by atoms with van der Waals surface area (Å²) in [5.74, 6) is 0. The first kappa shape index (κ1) is 18.6. The smallest absolute Gasteiger partial charge is 0.254 e. The molecule has 0 radical (unpaired) electrons. The summed E-state index contributed by atoms with van der Waals surface area (Å²) < 4.78 is 94.2. The van der Waals surface area contributed by atoms with E-state index in [-0.39, 0.29) is 20.9 Å². The van der Waals surface area contributed by atoms with E-state index in [4.69, 9.17) is 8.37 Å². The Morgan fingerprint density at radius 3 is 1.33 bits per heavy atom. The highest BCUT2D eigenvalue weighted by Gasteiger charge is 2.70. The van der Waals surface area contributed by atoms with Crippen molar-refractivity contribution < 1.29 is 34.7 Å². The Morgan fingerprint density at radius 1 is 0.667 bits per heavy atom. The molecule has 0 aromatic heterocycles. The number of fused-ring (bicyclic) bond motifs is 4. The van der Waals surface area contributed by atoms with Gasteiger partial charge in [-0.3, -0.25) is 8.37 Å². The summed E-state index contributed by atoms with van der Waals surface area (Å²) in [4.78, 5) is 0.00972. The monoisotopic (exact) mass is 408 g/mol. The third kappa shape index (κ3) is 2.19. The van der Waals surface area contributed by atoms with Crippen molar-refractivity contribution in [2.45, 2.75) is 47.2 Å². The first-order chi connectivity index (χ1) is 12.4. The van der Waals surface area contributed by atoms with Crippen molar-refractivity contribution in [3.8, 4) is 0 Å². The van der Waals surface area contributed by atoms with Crippen LogP contribution < -0.4 is 0 Å². The zero-order chi connectivity index (χ0) is 19.9. The van der Waals surface area contributed by atoms with Crippen LogP contribution in [0.15, 0.2) is 58.3 Å². The third-order valence-electron chi connectivity index (χ3n) is 5.03. The fourth-order valence-corrected chi connectivity index (χ4v) is 7.02. The molecule has 2 nitrogen and oxygen atoms in total. The Balaban J connectivity index is 2.04. The number of alkyl halides is 6. The summed E-state index contributed by atoms with van der Waals surface area (Å²) in [6.07, 6.45) is -9.68. The van der Waals surface area contributed by atoms with Crippen LogP contribution in [0.1, 0.15) is 25.0 Å². The first-order valence-electron chi connectivity index (χ1n) is 7.94. The second-order valence-electron chi connectivity index (χ2n) is 6.72. The summed E-state index contributed by atoms with van der Waals surface area (Å²) in [5, 5.41) is 0. The Bertz CT molecular complexity index is 849. The number of hydrogen-bond donors (Lipinski definition) is 0. The molecule has 2 aliphatic rings. The lowest BCUT2D eigenvalue weighted by molar-refractivity contribution is -0.255. The number of rotatable bonds is 0. The zero-order valence-corrected chi connectivity index (χ0v) is 14.9. The van der Waals surface area contributed by atoms with Crippen LogP contribution in [0.4, 0.5) is 26.3 Å². The summed E-state index contributed by atoms with van der Waals surface area (Å²) in [7, 11) is -3.47. The highest BCUT2D eigenvalue weighted by molar-refractivity contribution is 8.26. The van der Waals surface area contributed by atoms with Gasteiger partial charge in [-0.15, -0.1) is 10.6 Å². The maximum atomic E-state index is 13.9. The topological polar surface area (TPSA) is 18.5 Å². The van der Waals surface area contributed by atoms with Gasteiger partial charge in [0, 0.05) is 11.1 Å². The van der Waals surface area contributed by atoms with Gasteiger partial charge in [0.15, 0.2) is 0 Å². The van der Waals surface area contributed by atoms with E-state index in [1.807, 2.05) is 0 Å². The molecule has 2 aromatic rings. The minimum Gasteiger partial charge on any atom is -0.254 e. The molecule has 0 N–H and O–H groups in total. The van der Waals surface area contributed by atoms with E-state index in [2.05, 4.69) is 0 Å². The maximum Gasteiger partial charge on any atom is 0.423 e. The van der Waals surface area contributed by atoms with Crippen molar-refractivity contribution >= 4 is 10.6 Å². The second kappa shape index (κ2) is 5.21. The van der Waals surface area contributed by atoms with E-state index in [0.29, 0.717) is 0 Å². The van der Waals surface area contributed by atoms with Crippen LogP contribution in [0, 0.1) is 0 Å². The van der Waals surface area contributed by atoms with E-state index in [1.54, 1.807) is 0 Å². The molecule has 2 unspecified atom stereocenters. The average molecular weight is 408 g/mol. The second-order valence-corrected chi connectivity index (χ2v) is 8.94. The van der Waals surface area contributed by atoms with Crippen LogP contribution in [0.2, 0.25) is 0 Å². The molecule has 0 amide bonds. The highest BCUT2D eigenvalue weighted by atomic mass is 32.3. The molecular weight excluding hydrogens is 394 g/mol. The fraction of sp³-hybridized carbons (Fsp3) is 0.333. The zero-order valence-electron chi connectivity index (χ0n) is 14.1.